The molecule has 0 bridgehead atoms. The Bertz CT molecular complexity index is 1350. The predicted molar refractivity (Wildman–Crippen MR) is 137 cm³/mol. The molecule has 0 spiro atoms. The highest BCUT2D eigenvalue weighted by Gasteiger charge is 2.39. The number of likely N-dealkylation sites (tertiary alicyclic amines) is 1. The van der Waals surface area contributed by atoms with Crippen LogP contribution in [0.5, 0.6) is 0 Å². The topological polar surface area (TPSA) is 135 Å². The zero-order valence-corrected chi connectivity index (χ0v) is 22.0. The number of nitrogens with zero attached hydrogens (tertiary/aromatic N) is 5. The molecule has 2 aliphatic heterocycles. The minimum absolute atomic E-state index is 0.0977. The minimum Gasteiger partial charge on any atom is -0.453 e. The summed E-state index contributed by atoms with van der Waals surface area (Å²) in [5, 5.41) is 23.9. The largest absolute Gasteiger partial charge is 0.453 e. The van der Waals surface area contributed by atoms with Crippen molar-refractivity contribution in [1.29, 1.82) is 0 Å². The molecule has 5 rings (SSSR count). The Morgan fingerprint density at radius 2 is 2.11 bits per heavy atom. The van der Waals surface area contributed by atoms with Gasteiger partial charge in [0.25, 0.3) is 0 Å². The van der Waals surface area contributed by atoms with Gasteiger partial charge >= 0.3 is 6.09 Å². The molecule has 0 saturated carbocycles. The van der Waals surface area contributed by atoms with E-state index in [2.05, 4.69) is 20.3 Å². The molecule has 4 atom stereocenters. The lowest BCUT2D eigenvalue weighted by atomic mass is 10.1. The van der Waals surface area contributed by atoms with Crippen LogP contribution in [0.4, 0.5) is 15.1 Å². The maximum absolute atomic E-state index is 15.6. The minimum atomic E-state index is -0.750. The van der Waals surface area contributed by atoms with Crippen LogP contribution < -0.4 is 5.32 Å². The molecular weight excluding hydrogens is 519 g/mol. The second-order valence-corrected chi connectivity index (χ2v) is 10.3. The first-order valence-corrected chi connectivity index (χ1v) is 12.8. The summed E-state index contributed by atoms with van der Waals surface area (Å²) in [5.74, 6) is 0.130. The number of hydrogen-bond donors (Lipinski definition) is 3. The maximum Gasteiger partial charge on any atom is 0.410 e. The highest BCUT2D eigenvalue weighted by atomic mass is 35.5. The molecule has 4 heterocycles. The first-order valence-electron chi connectivity index (χ1n) is 12.5. The molecule has 204 valence electrons. The highest BCUT2D eigenvalue weighted by Crippen LogP contribution is 2.38. The number of amides is 1. The van der Waals surface area contributed by atoms with Gasteiger partial charge in [-0.05, 0) is 32.4 Å². The molecule has 0 aliphatic carbocycles. The summed E-state index contributed by atoms with van der Waals surface area (Å²) in [6.45, 7) is 4.68. The van der Waals surface area contributed by atoms with Crippen molar-refractivity contribution in [2.24, 2.45) is 0 Å². The number of carbonyl (C=O) groups is 1. The van der Waals surface area contributed by atoms with Crippen LogP contribution in [0.25, 0.3) is 22.3 Å². The number of aliphatic hydroxyl groups excluding tert-OH is 2. The van der Waals surface area contributed by atoms with Crippen molar-refractivity contribution in [3.63, 3.8) is 0 Å². The van der Waals surface area contributed by atoms with Crippen molar-refractivity contribution >= 4 is 34.7 Å². The van der Waals surface area contributed by atoms with E-state index in [0.717, 1.165) is 0 Å². The number of halogens is 2. The maximum atomic E-state index is 15.6. The number of β-amino-alcohol motifs (C(OH)–C–C–N with tert-alkyl or cyclic N) is 1. The van der Waals surface area contributed by atoms with Crippen LogP contribution in [0.3, 0.4) is 0 Å². The van der Waals surface area contributed by atoms with E-state index in [1.165, 1.54) is 24.3 Å². The number of methoxy groups -OCH3 is 1. The van der Waals surface area contributed by atoms with Crippen molar-refractivity contribution in [2.45, 2.75) is 57.0 Å². The second kappa shape index (κ2) is 10.6. The second-order valence-electron chi connectivity index (χ2n) is 9.86. The average Bonchev–Trinajstić information content (AvgIpc) is 3.47. The molecule has 2 fully saturated rings. The van der Waals surface area contributed by atoms with E-state index in [0.29, 0.717) is 35.6 Å². The molecule has 3 aromatic rings. The van der Waals surface area contributed by atoms with Gasteiger partial charge in [0.15, 0.2) is 5.82 Å². The Morgan fingerprint density at radius 3 is 2.82 bits per heavy atom. The molecule has 1 aromatic carbocycles. The summed E-state index contributed by atoms with van der Waals surface area (Å²) >= 11 is 6.45. The summed E-state index contributed by atoms with van der Waals surface area (Å²) in [6, 6.07) is 2.05. The predicted octanol–water partition coefficient (Wildman–Crippen LogP) is 3.30. The Labute approximate surface area is 223 Å². The van der Waals surface area contributed by atoms with E-state index in [1.807, 2.05) is 18.4 Å². The number of nitrogens with one attached hydrogen (secondary N) is 1. The lowest BCUT2D eigenvalue weighted by Crippen LogP contribution is -2.42. The quantitative estimate of drug-likeness (QED) is 0.439. The van der Waals surface area contributed by atoms with Gasteiger partial charge in [0.2, 0.25) is 5.95 Å². The van der Waals surface area contributed by atoms with Gasteiger partial charge in [-0.3, -0.25) is 4.90 Å². The van der Waals surface area contributed by atoms with Gasteiger partial charge in [0.05, 0.1) is 67.0 Å². The Kier molecular flexibility index (Phi) is 7.40. The molecule has 2 aromatic heterocycles. The van der Waals surface area contributed by atoms with E-state index in [-0.39, 0.29) is 48.1 Å². The number of anilines is 1. The van der Waals surface area contributed by atoms with Gasteiger partial charge in [-0.15, -0.1) is 0 Å². The molecule has 0 radical (unpaired) electrons. The van der Waals surface area contributed by atoms with E-state index >= 15 is 4.39 Å². The molecule has 2 aliphatic rings. The summed E-state index contributed by atoms with van der Waals surface area (Å²) in [7, 11) is 1.28. The van der Waals surface area contributed by atoms with Crippen LogP contribution in [-0.4, -0.2) is 85.8 Å². The number of fused-ring (bicyclic) bond motifs is 1. The zero-order chi connectivity index (χ0) is 27.1. The van der Waals surface area contributed by atoms with Crippen molar-refractivity contribution in [3.8, 4) is 11.3 Å². The van der Waals surface area contributed by atoms with Gasteiger partial charge in [-0.2, -0.15) is 0 Å². The zero-order valence-electron chi connectivity index (χ0n) is 21.3. The lowest BCUT2D eigenvalue weighted by Gasteiger charge is -2.28. The summed E-state index contributed by atoms with van der Waals surface area (Å²) < 4.78 is 27.6. The van der Waals surface area contributed by atoms with Crippen LogP contribution in [-0.2, 0) is 9.47 Å². The van der Waals surface area contributed by atoms with Crippen molar-refractivity contribution in [1.82, 2.24) is 24.4 Å². The van der Waals surface area contributed by atoms with E-state index < -0.39 is 30.2 Å². The standard InChI is InChI=1S/C25H30ClFN6O5/c1-12(2)33-18-7-13(21-15(26)9-28-24(31-21)29-17-4-5-38-11-20(17)35)6-16(27)22(18)30-23(33)19-8-14(34)10-32(19)25(36)37-3/h6-7,9,12,14,17,19-20,34-35H,4-5,8,10-11H2,1-3H3,(H,28,29,31)/t14-,17+,19+,20+/m0/s1. The summed E-state index contributed by atoms with van der Waals surface area (Å²) in [5.41, 5.74) is 1.37. The number of aliphatic hydroxyl groups is 2. The third-order valence-corrected chi connectivity index (χ3v) is 7.21. The monoisotopic (exact) mass is 548 g/mol. The number of benzene rings is 1. The summed E-state index contributed by atoms with van der Waals surface area (Å²) in [4.78, 5) is 27.2. The molecule has 1 amide bonds. The number of ether oxygens (including phenoxy) is 2. The van der Waals surface area contributed by atoms with E-state index in [4.69, 9.17) is 21.1 Å². The molecule has 0 unspecified atom stereocenters. The molecule has 11 nitrogen and oxygen atoms in total. The van der Waals surface area contributed by atoms with Gasteiger partial charge < -0.3 is 29.6 Å². The van der Waals surface area contributed by atoms with Crippen LogP contribution in [0.1, 0.15) is 44.6 Å². The smallest absolute Gasteiger partial charge is 0.410 e. The van der Waals surface area contributed by atoms with Crippen LogP contribution in [0.2, 0.25) is 5.02 Å². The summed E-state index contributed by atoms with van der Waals surface area (Å²) in [6.07, 6.45) is 0.219. The van der Waals surface area contributed by atoms with E-state index in [9.17, 15) is 15.0 Å². The Morgan fingerprint density at radius 1 is 1.32 bits per heavy atom. The van der Waals surface area contributed by atoms with Crippen LogP contribution in [0, 0.1) is 5.82 Å². The van der Waals surface area contributed by atoms with Gasteiger partial charge in [0, 0.05) is 24.6 Å². The Hall–Kier alpha value is -3.06. The van der Waals surface area contributed by atoms with Crippen molar-refractivity contribution in [3.05, 3.63) is 35.0 Å². The first-order chi connectivity index (χ1) is 18.2. The normalized spacial score (nSPS) is 23.8. The lowest BCUT2D eigenvalue weighted by molar-refractivity contribution is -0.0136. The highest BCUT2D eigenvalue weighted by molar-refractivity contribution is 6.33. The molecule has 13 heteroatoms. The SMILES string of the molecule is COC(=O)N1C[C@@H](O)C[C@@H]1c1nc2c(F)cc(-c3nc(N[C@@H]4CCOC[C@H]4O)ncc3Cl)cc2n1C(C)C. The third kappa shape index (κ3) is 4.89. The number of rotatable bonds is 5. The first kappa shape index (κ1) is 26.5. The number of hydrogen-bond acceptors (Lipinski definition) is 9. The van der Waals surface area contributed by atoms with Gasteiger partial charge in [-0.1, -0.05) is 11.6 Å². The van der Waals surface area contributed by atoms with E-state index in [1.54, 1.807) is 6.07 Å². The molecular formula is C25H30ClFN6O5. The third-order valence-electron chi connectivity index (χ3n) is 6.94. The molecule has 3 N–H and O–H groups in total. The van der Waals surface area contributed by atoms with Crippen molar-refractivity contribution in [2.75, 3.05) is 32.2 Å². The number of imidazole rings is 1. The average molecular weight is 549 g/mol. The Balaban J connectivity index is 1.58. The fraction of sp³-hybridized carbons (Fsp3) is 0.520. The van der Waals surface area contributed by atoms with Crippen LogP contribution >= 0.6 is 11.6 Å². The number of carbonyl (C=O) groups excluding carboxylic acids is 1. The molecule has 2 saturated heterocycles. The van der Waals surface area contributed by atoms with Crippen molar-refractivity contribution < 1.29 is 28.9 Å². The van der Waals surface area contributed by atoms with Gasteiger partial charge in [0.1, 0.15) is 11.3 Å². The molecule has 38 heavy (non-hydrogen) atoms. The fourth-order valence-electron chi connectivity index (χ4n) is 5.16. The van der Waals surface area contributed by atoms with Gasteiger partial charge in [-0.25, -0.2) is 24.1 Å². The van der Waals surface area contributed by atoms with Crippen LogP contribution in [0.15, 0.2) is 18.3 Å². The number of aromatic nitrogens is 4. The fourth-order valence-corrected chi connectivity index (χ4v) is 5.36.